The number of anilines is 1. The number of ether oxygens (including phenoxy) is 2. The molecular formula is C26H29N5O4S. The summed E-state index contributed by atoms with van der Waals surface area (Å²) in [6.07, 6.45) is 3.38. The van der Waals surface area contributed by atoms with E-state index in [1.807, 2.05) is 45.9 Å². The number of pyridine rings is 1. The fourth-order valence-corrected chi connectivity index (χ4v) is 4.83. The van der Waals surface area contributed by atoms with Crippen molar-refractivity contribution in [1.29, 1.82) is 0 Å². The van der Waals surface area contributed by atoms with Crippen LogP contribution in [0.2, 0.25) is 0 Å². The van der Waals surface area contributed by atoms with Gasteiger partial charge in [-0.25, -0.2) is 9.97 Å². The summed E-state index contributed by atoms with van der Waals surface area (Å²) in [7, 11) is 0. The third-order valence-corrected chi connectivity index (χ3v) is 6.39. The largest absolute Gasteiger partial charge is 0.454 e. The van der Waals surface area contributed by atoms with Crippen molar-refractivity contribution in [2.24, 2.45) is 5.92 Å². The summed E-state index contributed by atoms with van der Waals surface area (Å²) in [6, 6.07) is 10.1. The predicted octanol–water partition coefficient (Wildman–Crippen LogP) is 4.00. The fraction of sp³-hybridized carbons (Fsp3) is 0.346. The fourth-order valence-electron chi connectivity index (χ4n) is 3.99. The molecule has 1 aromatic carbocycles. The van der Waals surface area contributed by atoms with Crippen LogP contribution in [0.1, 0.15) is 30.8 Å². The molecule has 0 radical (unpaired) electrons. The van der Waals surface area contributed by atoms with Crippen molar-refractivity contribution in [3.8, 4) is 11.5 Å². The van der Waals surface area contributed by atoms with Gasteiger partial charge in [-0.2, -0.15) is 0 Å². The number of hydrogen-bond donors (Lipinski definition) is 1. The molecule has 9 nitrogen and oxygen atoms in total. The number of rotatable bonds is 9. The first kappa shape index (κ1) is 25.4. The SMILES string of the molecule is Cc1cc(C)nc(SCC(=O)N(Cc2cccnc2)C(C(=O)Nc2ccc3c(c2)OCO3)C(C)C)n1. The Kier molecular flexibility index (Phi) is 8.04. The first-order chi connectivity index (χ1) is 17.3. The average molecular weight is 508 g/mol. The molecule has 0 fully saturated rings. The van der Waals surface area contributed by atoms with Gasteiger partial charge in [-0.3, -0.25) is 14.6 Å². The summed E-state index contributed by atoms with van der Waals surface area (Å²) < 4.78 is 10.8. The van der Waals surface area contributed by atoms with E-state index in [0.29, 0.717) is 22.3 Å². The highest BCUT2D eigenvalue weighted by Gasteiger charge is 2.33. The zero-order valence-electron chi connectivity index (χ0n) is 20.7. The third kappa shape index (κ3) is 6.31. The molecule has 3 aromatic rings. The molecule has 36 heavy (non-hydrogen) atoms. The topological polar surface area (TPSA) is 107 Å². The summed E-state index contributed by atoms with van der Waals surface area (Å²) in [5.41, 5.74) is 3.09. The molecule has 10 heteroatoms. The molecule has 0 saturated carbocycles. The van der Waals surface area contributed by atoms with Gasteiger partial charge in [0.2, 0.25) is 18.6 Å². The number of thioether (sulfide) groups is 1. The van der Waals surface area contributed by atoms with Crippen LogP contribution < -0.4 is 14.8 Å². The normalized spacial score (nSPS) is 12.9. The van der Waals surface area contributed by atoms with Gasteiger partial charge in [0.15, 0.2) is 16.7 Å². The Balaban J connectivity index is 1.56. The monoisotopic (exact) mass is 507 g/mol. The highest BCUT2D eigenvalue weighted by atomic mass is 32.2. The van der Waals surface area contributed by atoms with Crippen LogP contribution in [0.4, 0.5) is 5.69 Å². The molecule has 4 rings (SSSR count). The van der Waals surface area contributed by atoms with E-state index in [2.05, 4.69) is 20.3 Å². The van der Waals surface area contributed by atoms with Crippen molar-refractivity contribution < 1.29 is 19.1 Å². The van der Waals surface area contributed by atoms with E-state index in [9.17, 15) is 9.59 Å². The molecule has 1 atom stereocenters. The van der Waals surface area contributed by atoms with E-state index >= 15 is 0 Å². The highest BCUT2D eigenvalue weighted by molar-refractivity contribution is 7.99. The molecule has 1 N–H and O–H groups in total. The minimum atomic E-state index is -0.719. The second-order valence-electron chi connectivity index (χ2n) is 8.85. The summed E-state index contributed by atoms with van der Waals surface area (Å²) >= 11 is 1.26. The maximum absolute atomic E-state index is 13.6. The van der Waals surface area contributed by atoms with Gasteiger partial charge in [-0.05, 0) is 49.6 Å². The molecule has 188 valence electrons. The smallest absolute Gasteiger partial charge is 0.247 e. The number of nitrogens with one attached hydrogen (secondary N) is 1. The second-order valence-corrected chi connectivity index (χ2v) is 9.79. The lowest BCUT2D eigenvalue weighted by atomic mass is 10.0. The first-order valence-electron chi connectivity index (χ1n) is 11.6. The Hall–Kier alpha value is -3.66. The zero-order chi connectivity index (χ0) is 25.7. The van der Waals surface area contributed by atoms with Crippen molar-refractivity contribution in [3.05, 3.63) is 65.7 Å². The van der Waals surface area contributed by atoms with Gasteiger partial charge in [0.25, 0.3) is 0 Å². The summed E-state index contributed by atoms with van der Waals surface area (Å²) in [5.74, 6) is 0.681. The van der Waals surface area contributed by atoms with Crippen LogP contribution in [0, 0.1) is 19.8 Å². The van der Waals surface area contributed by atoms with Crippen LogP contribution in [0.3, 0.4) is 0 Å². The van der Waals surface area contributed by atoms with Crippen LogP contribution in [-0.4, -0.2) is 50.3 Å². The van der Waals surface area contributed by atoms with E-state index < -0.39 is 6.04 Å². The van der Waals surface area contributed by atoms with Gasteiger partial charge in [0, 0.05) is 42.1 Å². The second kappa shape index (κ2) is 11.4. The van der Waals surface area contributed by atoms with E-state index in [1.165, 1.54) is 11.8 Å². The number of carbonyl (C=O) groups excluding carboxylic acids is 2. The minimum absolute atomic E-state index is 0.101. The van der Waals surface area contributed by atoms with E-state index in [1.54, 1.807) is 35.5 Å². The Bertz CT molecular complexity index is 1220. The molecule has 0 bridgehead atoms. The first-order valence-corrected chi connectivity index (χ1v) is 12.6. The number of nitrogens with zero attached hydrogens (tertiary/aromatic N) is 4. The number of hydrogen-bond acceptors (Lipinski definition) is 8. The Morgan fingerprint density at radius 3 is 2.53 bits per heavy atom. The van der Waals surface area contributed by atoms with Crippen LogP contribution in [0.5, 0.6) is 11.5 Å². The Morgan fingerprint density at radius 1 is 1.08 bits per heavy atom. The molecular weight excluding hydrogens is 478 g/mol. The van der Waals surface area contributed by atoms with Crippen molar-refractivity contribution in [2.45, 2.75) is 45.4 Å². The molecule has 3 heterocycles. The molecule has 1 aliphatic rings. The number of benzene rings is 1. The van der Waals surface area contributed by atoms with Crippen LogP contribution >= 0.6 is 11.8 Å². The lowest BCUT2D eigenvalue weighted by Crippen LogP contribution is -2.50. The zero-order valence-corrected chi connectivity index (χ0v) is 21.5. The highest BCUT2D eigenvalue weighted by Crippen LogP contribution is 2.34. The maximum Gasteiger partial charge on any atom is 0.247 e. The minimum Gasteiger partial charge on any atom is -0.454 e. The quantitative estimate of drug-likeness (QED) is 0.342. The molecule has 0 saturated heterocycles. The maximum atomic E-state index is 13.6. The van der Waals surface area contributed by atoms with Crippen LogP contribution in [-0.2, 0) is 16.1 Å². The van der Waals surface area contributed by atoms with Gasteiger partial charge in [-0.15, -0.1) is 0 Å². The van der Waals surface area contributed by atoms with Crippen molar-refractivity contribution in [2.75, 3.05) is 17.9 Å². The number of aryl methyl sites for hydroxylation is 2. The lowest BCUT2D eigenvalue weighted by molar-refractivity contribution is -0.138. The van der Waals surface area contributed by atoms with Crippen molar-refractivity contribution in [1.82, 2.24) is 19.9 Å². The predicted molar refractivity (Wildman–Crippen MR) is 137 cm³/mol. The van der Waals surface area contributed by atoms with Gasteiger partial charge in [0.05, 0.1) is 5.75 Å². The third-order valence-electron chi connectivity index (χ3n) is 5.56. The van der Waals surface area contributed by atoms with Crippen LogP contribution in [0.25, 0.3) is 0 Å². The summed E-state index contributed by atoms with van der Waals surface area (Å²) in [6.45, 7) is 8.03. The van der Waals surface area contributed by atoms with Crippen molar-refractivity contribution >= 4 is 29.3 Å². The Morgan fingerprint density at radius 2 is 1.83 bits per heavy atom. The number of fused-ring (bicyclic) bond motifs is 1. The summed E-state index contributed by atoms with van der Waals surface area (Å²) in [5, 5.41) is 3.48. The average Bonchev–Trinajstić information content (AvgIpc) is 3.30. The van der Waals surface area contributed by atoms with Gasteiger partial charge in [0.1, 0.15) is 6.04 Å². The van der Waals surface area contributed by atoms with E-state index in [0.717, 1.165) is 17.0 Å². The standard InChI is InChI=1S/C26H29N5O4S/c1-16(2)24(25(33)30-20-7-8-21-22(11-20)35-15-34-21)31(13-19-6-5-9-27-12-19)23(32)14-36-26-28-17(3)10-18(4)29-26/h5-12,16,24H,13-15H2,1-4H3,(H,30,33). The van der Waals surface area contributed by atoms with Gasteiger partial charge >= 0.3 is 0 Å². The Labute approximate surface area is 214 Å². The van der Waals surface area contributed by atoms with Gasteiger partial charge < -0.3 is 19.7 Å². The molecule has 0 aliphatic carbocycles. The van der Waals surface area contributed by atoms with Crippen molar-refractivity contribution in [3.63, 3.8) is 0 Å². The van der Waals surface area contributed by atoms with Gasteiger partial charge in [-0.1, -0.05) is 31.7 Å². The van der Waals surface area contributed by atoms with E-state index in [4.69, 9.17) is 9.47 Å². The van der Waals surface area contributed by atoms with Crippen LogP contribution in [0.15, 0.2) is 53.9 Å². The molecule has 0 spiro atoms. The number of amides is 2. The number of aromatic nitrogens is 3. The number of carbonyl (C=O) groups is 2. The molecule has 1 aliphatic heterocycles. The molecule has 1 unspecified atom stereocenters. The van der Waals surface area contributed by atoms with E-state index in [-0.39, 0.29) is 36.8 Å². The summed E-state index contributed by atoms with van der Waals surface area (Å²) in [4.78, 5) is 41.7. The lowest BCUT2D eigenvalue weighted by Gasteiger charge is -2.33. The molecule has 2 amide bonds. The molecule has 2 aromatic heterocycles.